The lowest BCUT2D eigenvalue weighted by Gasteiger charge is -2.15. The lowest BCUT2D eigenvalue weighted by Crippen LogP contribution is -2.30. The van der Waals surface area contributed by atoms with E-state index in [9.17, 15) is 8.42 Å². The molecule has 0 saturated heterocycles. The van der Waals surface area contributed by atoms with Gasteiger partial charge in [0, 0.05) is 12.7 Å². The van der Waals surface area contributed by atoms with E-state index in [0.717, 1.165) is 12.2 Å². The van der Waals surface area contributed by atoms with Crippen LogP contribution in [0.5, 0.6) is 0 Å². The normalized spacial score (nSPS) is 16.3. The van der Waals surface area contributed by atoms with Gasteiger partial charge in [-0.3, -0.25) is 0 Å². The minimum absolute atomic E-state index is 0.532. The van der Waals surface area contributed by atoms with Crippen molar-refractivity contribution in [3.05, 3.63) is 23.7 Å². The molecule has 2 N–H and O–H groups in total. The molecule has 0 spiro atoms. The topological polar surface area (TPSA) is 73.3 Å². The van der Waals surface area contributed by atoms with Crippen molar-refractivity contribution >= 4 is 9.84 Å². The zero-order valence-electron chi connectivity index (χ0n) is 9.23. The van der Waals surface area contributed by atoms with Gasteiger partial charge >= 0.3 is 0 Å². The van der Waals surface area contributed by atoms with Gasteiger partial charge in [0.25, 0.3) is 0 Å². The molecule has 0 aliphatic rings. The molecule has 0 radical (unpaired) electrons. The third-order valence-electron chi connectivity index (χ3n) is 2.54. The lowest BCUT2D eigenvalue weighted by molar-refractivity contribution is 0.429. The van der Waals surface area contributed by atoms with Crippen molar-refractivity contribution < 1.29 is 12.8 Å². The van der Waals surface area contributed by atoms with E-state index in [1.54, 1.807) is 13.0 Å². The molecule has 0 bridgehead atoms. The summed E-state index contributed by atoms with van der Waals surface area (Å²) in [6, 6.07) is 2.97. The number of hydrogen-bond donors (Lipinski definition) is 1. The summed E-state index contributed by atoms with van der Waals surface area (Å²) in [6.07, 6.45) is 1.96. The highest BCUT2D eigenvalue weighted by Gasteiger charge is 2.26. The van der Waals surface area contributed by atoms with E-state index < -0.39 is 21.1 Å². The van der Waals surface area contributed by atoms with Gasteiger partial charge in [0.1, 0.15) is 11.5 Å². The van der Waals surface area contributed by atoms with Crippen molar-refractivity contribution in [2.24, 2.45) is 5.73 Å². The average molecular weight is 231 g/mol. The van der Waals surface area contributed by atoms with Gasteiger partial charge in [-0.25, -0.2) is 8.42 Å². The second-order valence-electron chi connectivity index (χ2n) is 3.72. The predicted octanol–water partition coefficient (Wildman–Crippen LogP) is 1.27. The molecule has 0 aliphatic heterocycles. The lowest BCUT2D eigenvalue weighted by atomic mass is 10.2. The molecule has 0 aliphatic carbocycles. The van der Waals surface area contributed by atoms with Gasteiger partial charge in [0.05, 0.1) is 11.3 Å². The van der Waals surface area contributed by atoms with Crippen LogP contribution in [0, 0.1) is 0 Å². The Morgan fingerprint density at radius 1 is 1.47 bits per heavy atom. The SMILES string of the molecule is CCc1ccc(C(N)C(C)S(C)(=O)=O)o1. The second-order valence-corrected chi connectivity index (χ2v) is 6.12. The molecule has 0 saturated carbocycles. The van der Waals surface area contributed by atoms with E-state index in [4.69, 9.17) is 10.2 Å². The minimum atomic E-state index is -3.13. The minimum Gasteiger partial charge on any atom is -0.464 e. The second kappa shape index (κ2) is 4.37. The summed E-state index contributed by atoms with van der Waals surface area (Å²) in [7, 11) is -3.13. The Labute approximate surface area is 90.4 Å². The zero-order valence-corrected chi connectivity index (χ0v) is 10.0. The van der Waals surface area contributed by atoms with Gasteiger partial charge in [-0.2, -0.15) is 0 Å². The third-order valence-corrected chi connectivity index (χ3v) is 4.18. The van der Waals surface area contributed by atoms with Crippen LogP contribution in [0.25, 0.3) is 0 Å². The highest BCUT2D eigenvalue weighted by molar-refractivity contribution is 7.91. The Balaban J connectivity index is 2.89. The smallest absolute Gasteiger partial charge is 0.152 e. The Kier molecular flexibility index (Phi) is 3.57. The highest BCUT2D eigenvalue weighted by atomic mass is 32.2. The molecule has 1 rings (SSSR count). The molecule has 0 amide bonds. The van der Waals surface area contributed by atoms with Gasteiger partial charge in [0.15, 0.2) is 9.84 Å². The van der Waals surface area contributed by atoms with Crippen LogP contribution in [0.1, 0.15) is 31.4 Å². The predicted molar refractivity (Wildman–Crippen MR) is 59.3 cm³/mol. The molecular weight excluding hydrogens is 214 g/mol. The summed E-state index contributed by atoms with van der Waals surface area (Å²) in [5.74, 6) is 1.35. The van der Waals surface area contributed by atoms with Crippen molar-refractivity contribution in [3.63, 3.8) is 0 Å². The molecule has 0 fully saturated rings. The van der Waals surface area contributed by atoms with Crippen LogP contribution >= 0.6 is 0 Å². The van der Waals surface area contributed by atoms with E-state index in [-0.39, 0.29) is 0 Å². The van der Waals surface area contributed by atoms with Gasteiger partial charge in [-0.1, -0.05) is 6.92 Å². The van der Waals surface area contributed by atoms with Crippen molar-refractivity contribution in [1.29, 1.82) is 0 Å². The molecule has 2 unspecified atom stereocenters. The fraction of sp³-hybridized carbons (Fsp3) is 0.600. The van der Waals surface area contributed by atoms with E-state index >= 15 is 0 Å². The molecule has 1 heterocycles. The fourth-order valence-corrected chi connectivity index (χ4v) is 1.93. The third kappa shape index (κ3) is 2.82. The summed E-state index contributed by atoms with van der Waals surface area (Å²) in [4.78, 5) is 0. The maximum atomic E-state index is 11.3. The van der Waals surface area contributed by atoms with Crippen molar-refractivity contribution in [2.45, 2.75) is 31.6 Å². The van der Waals surface area contributed by atoms with Crippen molar-refractivity contribution in [1.82, 2.24) is 0 Å². The van der Waals surface area contributed by atoms with E-state index in [1.165, 1.54) is 6.26 Å². The Bertz CT molecular complexity index is 422. The van der Waals surface area contributed by atoms with E-state index in [1.807, 2.05) is 13.0 Å². The summed E-state index contributed by atoms with van der Waals surface area (Å²) in [5, 5.41) is -0.631. The molecule has 1 aromatic heterocycles. The Morgan fingerprint density at radius 3 is 2.47 bits per heavy atom. The zero-order chi connectivity index (χ0) is 11.6. The largest absolute Gasteiger partial charge is 0.464 e. The molecule has 1 aromatic rings. The Morgan fingerprint density at radius 2 is 2.07 bits per heavy atom. The summed E-state index contributed by atoms with van der Waals surface area (Å²) >= 11 is 0. The number of furan rings is 1. The van der Waals surface area contributed by atoms with Crippen LogP contribution in [-0.4, -0.2) is 19.9 Å². The van der Waals surface area contributed by atoms with Gasteiger partial charge < -0.3 is 10.2 Å². The first-order valence-electron chi connectivity index (χ1n) is 4.89. The Hall–Kier alpha value is -0.810. The monoisotopic (exact) mass is 231 g/mol. The van der Waals surface area contributed by atoms with E-state index in [2.05, 4.69) is 0 Å². The molecule has 15 heavy (non-hydrogen) atoms. The number of sulfone groups is 1. The maximum absolute atomic E-state index is 11.3. The highest BCUT2D eigenvalue weighted by Crippen LogP contribution is 2.21. The van der Waals surface area contributed by atoms with E-state index in [0.29, 0.717) is 5.76 Å². The summed E-state index contributed by atoms with van der Waals surface area (Å²) in [6.45, 7) is 3.56. The standard InChI is InChI=1S/C10H17NO3S/c1-4-8-5-6-9(14-8)10(11)7(2)15(3,12)13/h5-7,10H,4,11H2,1-3H3. The van der Waals surface area contributed by atoms with Crippen LogP contribution in [0.4, 0.5) is 0 Å². The summed E-state index contributed by atoms with van der Waals surface area (Å²) in [5.41, 5.74) is 5.82. The quantitative estimate of drug-likeness (QED) is 0.847. The first-order chi connectivity index (χ1) is 6.86. The molecule has 5 heteroatoms. The maximum Gasteiger partial charge on any atom is 0.152 e. The average Bonchev–Trinajstić information content (AvgIpc) is 2.62. The van der Waals surface area contributed by atoms with Gasteiger partial charge in [-0.05, 0) is 19.1 Å². The molecule has 86 valence electrons. The molecule has 2 atom stereocenters. The summed E-state index contributed by atoms with van der Waals surface area (Å²) < 4.78 is 28.0. The number of hydrogen-bond acceptors (Lipinski definition) is 4. The van der Waals surface area contributed by atoms with Crippen LogP contribution in [0.3, 0.4) is 0 Å². The fourth-order valence-electron chi connectivity index (χ4n) is 1.26. The molecule has 4 nitrogen and oxygen atoms in total. The van der Waals surface area contributed by atoms with Crippen LogP contribution in [-0.2, 0) is 16.3 Å². The number of rotatable bonds is 4. The number of nitrogens with two attached hydrogens (primary N) is 1. The first-order valence-corrected chi connectivity index (χ1v) is 6.84. The van der Waals surface area contributed by atoms with Crippen molar-refractivity contribution in [2.75, 3.05) is 6.26 Å². The number of aryl methyl sites for hydroxylation is 1. The van der Waals surface area contributed by atoms with Crippen LogP contribution < -0.4 is 5.73 Å². The van der Waals surface area contributed by atoms with Crippen molar-refractivity contribution in [3.8, 4) is 0 Å². The molecular formula is C10H17NO3S. The first kappa shape index (κ1) is 12.3. The van der Waals surface area contributed by atoms with Crippen LogP contribution in [0.15, 0.2) is 16.5 Å². The van der Waals surface area contributed by atoms with Gasteiger partial charge in [0.2, 0.25) is 0 Å². The molecule has 0 aromatic carbocycles. The van der Waals surface area contributed by atoms with Gasteiger partial charge in [-0.15, -0.1) is 0 Å². The van der Waals surface area contributed by atoms with Crippen LogP contribution in [0.2, 0.25) is 0 Å².